The van der Waals surface area contributed by atoms with Crippen LogP contribution >= 0.6 is 0 Å². The van der Waals surface area contributed by atoms with E-state index >= 15 is 0 Å². The van der Waals surface area contributed by atoms with E-state index in [-0.39, 0.29) is 6.04 Å². The average molecular weight is 217 g/mol. The predicted octanol–water partition coefficient (Wildman–Crippen LogP) is 2.23. The van der Waals surface area contributed by atoms with Crippen LogP contribution in [0.3, 0.4) is 0 Å². The van der Waals surface area contributed by atoms with Crippen LogP contribution in [0.5, 0.6) is 0 Å². The van der Waals surface area contributed by atoms with Gasteiger partial charge in [-0.15, -0.1) is 0 Å². The Balaban J connectivity index is 1.76. The molecule has 3 atom stereocenters. The number of nitrogens with zero attached hydrogens (tertiary/aromatic N) is 1. The maximum atomic E-state index is 11.1. The molecule has 1 heterocycles. The van der Waals surface area contributed by atoms with E-state index in [0.29, 0.717) is 11.8 Å². The first-order valence-electron chi connectivity index (χ1n) is 5.79. The molecule has 0 aromatic heterocycles. The number of amides is 1. The highest BCUT2D eigenvalue weighted by molar-refractivity contribution is 5.66. The van der Waals surface area contributed by atoms with E-state index < -0.39 is 6.09 Å². The van der Waals surface area contributed by atoms with Crippen molar-refractivity contribution in [3.63, 3.8) is 0 Å². The Morgan fingerprint density at radius 2 is 2.12 bits per heavy atom. The molecule has 3 nitrogen and oxygen atoms in total. The Labute approximate surface area is 94.7 Å². The van der Waals surface area contributed by atoms with Crippen molar-refractivity contribution < 1.29 is 9.90 Å². The molecule has 1 aromatic carbocycles. The fraction of sp³-hybridized carbons (Fsp3) is 0.462. The van der Waals surface area contributed by atoms with Crippen LogP contribution in [-0.2, 0) is 6.42 Å². The molecule has 1 N–H and O–H groups in total. The zero-order chi connectivity index (χ0) is 11.1. The molecular weight excluding hydrogens is 202 g/mol. The number of fused-ring (bicyclic) bond motifs is 1. The van der Waals surface area contributed by atoms with Crippen molar-refractivity contribution in [2.24, 2.45) is 11.8 Å². The van der Waals surface area contributed by atoms with Gasteiger partial charge in [-0.3, -0.25) is 0 Å². The Morgan fingerprint density at radius 3 is 2.81 bits per heavy atom. The highest BCUT2D eigenvalue weighted by Crippen LogP contribution is 2.50. The van der Waals surface area contributed by atoms with Crippen LogP contribution in [0.25, 0.3) is 0 Å². The van der Waals surface area contributed by atoms with E-state index in [1.807, 2.05) is 18.2 Å². The van der Waals surface area contributed by atoms with Gasteiger partial charge in [-0.25, -0.2) is 4.79 Å². The van der Waals surface area contributed by atoms with Crippen LogP contribution < -0.4 is 0 Å². The van der Waals surface area contributed by atoms with Gasteiger partial charge in [0.2, 0.25) is 0 Å². The Hall–Kier alpha value is -1.51. The first-order valence-corrected chi connectivity index (χ1v) is 5.79. The molecule has 1 amide bonds. The van der Waals surface area contributed by atoms with Gasteiger partial charge < -0.3 is 10.0 Å². The van der Waals surface area contributed by atoms with E-state index in [1.54, 1.807) is 4.90 Å². The number of piperidine rings is 1. The van der Waals surface area contributed by atoms with Crippen LogP contribution in [-0.4, -0.2) is 28.7 Å². The molecule has 3 heteroatoms. The monoisotopic (exact) mass is 217 g/mol. The molecule has 3 rings (SSSR count). The summed E-state index contributed by atoms with van der Waals surface area (Å²) in [7, 11) is 0. The minimum absolute atomic E-state index is 0.213. The van der Waals surface area contributed by atoms with Crippen molar-refractivity contribution in [3.05, 3.63) is 35.9 Å². The standard InChI is InChI=1S/C13H15NO2/c15-13(16)14-8-10-7-11(10)12(14)6-9-4-2-1-3-5-9/h1-5,10-12H,6-8H2,(H,15,16)/t10-,11-,12+/m0/s1. The summed E-state index contributed by atoms with van der Waals surface area (Å²) in [6.07, 6.45) is 1.34. The second kappa shape index (κ2) is 3.51. The number of likely N-dealkylation sites (tertiary alicyclic amines) is 1. The molecule has 1 saturated heterocycles. The highest BCUT2D eigenvalue weighted by atomic mass is 16.4. The van der Waals surface area contributed by atoms with Gasteiger partial charge in [-0.1, -0.05) is 30.3 Å². The fourth-order valence-corrected chi connectivity index (χ4v) is 2.91. The molecule has 2 fully saturated rings. The molecule has 1 aliphatic heterocycles. The molecule has 0 spiro atoms. The SMILES string of the molecule is O=C(O)N1C[C@@H]2C[C@@H]2[C@H]1Cc1ccccc1. The summed E-state index contributed by atoms with van der Waals surface area (Å²) in [6.45, 7) is 0.748. The third-order valence-electron chi connectivity index (χ3n) is 3.84. The number of carboxylic acid groups (broad SMARTS) is 1. The molecule has 2 aliphatic rings. The lowest BCUT2D eigenvalue weighted by molar-refractivity contribution is 0.131. The molecule has 16 heavy (non-hydrogen) atoms. The van der Waals surface area contributed by atoms with Crippen molar-refractivity contribution in [2.45, 2.75) is 18.9 Å². The van der Waals surface area contributed by atoms with Crippen molar-refractivity contribution in [1.82, 2.24) is 4.90 Å². The smallest absolute Gasteiger partial charge is 0.407 e. The lowest BCUT2D eigenvalue weighted by atomic mass is 10.0. The van der Waals surface area contributed by atoms with E-state index in [2.05, 4.69) is 12.1 Å². The Bertz CT molecular complexity index is 404. The molecule has 0 radical (unpaired) electrons. The van der Waals surface area contributed by atoms with Gasteiger partial charge in [-0.2, -0.15) is 0 Å². The van der Waals surface area contributed by atoms with Gasteiger partial charge in [-0.05, 0) is 30.2 Å². The molecule has 1 aromatic rings. The molecular formula is C13H15NO2. The van der Waals surface area contributed by atoms with E-state index in [1.165, 1.54) is 12.0 Å². The normalized spacial score (nSPS) is 31.2. The third kappa shape index (κ3) is 1.56. The van der Waals surface area contributed by atoms with Crippen LogP contribution in [0.4, 0.5) is 4.79 Å². The number of rotatable bonds is 2. The molecule has 1 aliphatic carbocycles. The zero-order valence-corrected chi connectivity index (χ0v) is 9.04. The van der Waals surface area contributed by atoms with Crippen molar-refractivity contribution in [3.8, 4) is 0 Å². The lowest BCUT2D eigenvalue weighted by Gasteiger charge is -2.24. The van der Waals surface area contributed by atoms with E-state index in [0.717, 1.165) is 13.0 Å². The van der Waals surface area contributed by atoms with Gasteiger partial charge in [0.1, 0.15) is 0 Å². The van der Waals surface area contributed by atoms with Crippen LogP contribution in [0.2, 0.25) is 0 Å². The van der Waals surface area contributed by atoms with Crippen LogP contribution in [0, 0.1) is 11.8 Å². The van der Waals surface area contributed by atoms with Gasteiger partial charge in [0.25, 0.3) is 0 Å². The number of benzene rings is 1. The Kier molecular flexibility index (Phi) is 2.13. The molecule has 0 bridgehead atoms. The number of hydrogen-bond acceptors (Lipinski definition) is 1. The summed E-state index contributed by atoms with van der Waals surface area (Å²) < 4.78 is 0. The minimum Gasteiger partial charge on any atom is -0.465 e. The third-order valence-corrected chi connectivity index (χ3v) is 3.84. The van der Waals surface area contributed by atoms with Gasteiger partial charge >= 0.3 is 6.09 Å². The molecule has 84 valence electrons. The average Bonchev–Trinajstić information content (AvgIpc) is 2.97. The van der Waals surface area contributed by atoms with Crippen molar-refractivity contribution >= 4 is 6.09 Å². The lowest BCUT2D eigenvalue weighted by Crippen LogP contribution is -2.38. The quantitative estimate of drug-likeness (QED) is 0.825. The first-order chi connectivity index (χ1) is 7.75. The van der Waals surface area contributed by atoms with Crippen LogP contribution in [0.1, 0.15) is 12.0 Å². The summed E-state index contributed by atoms with van der Waals surface area (Å²) in [5.74, 6) is 1.26. The topological polar surface area (TPSA) is 40.5 Å². The Morgan fingerprint density at radius 1 is 1.38 bits per heavy atom. The van der Waals surface area contributed by atoms with E-state index in [4.69, 9.17) is 5.11 Å². The molecule has 0 unspecified atom stereocenters. The maximum Gasteiger partial charge on any atom is 0.407 e. The summed E-state index contributed by atoms with van der Waals surface area (Å²) >= 11 is 0. The van der Waals surface area contributed by atoms with Crippen molar-refractivity contribution in [2.75, 3.05) is 6.54 Å². The number of hydrogen-bond donors (Lipinski definition) is 1. The van der Waals surface area contributed by atoms with Gasteiger partial charge in [0.05, 0.1) is 0 Å². The summed E-state index contributed by atoms with van der Waals surface area (Å²) in [4.78, 5) is 12.7. The summed E-state index contributed by atoms with van der Waals surface area (Å²) in [5, 5.41) is 9.13. The minimum atomic E-state index is -0.756. The largest absolute Gasteiger partial charge is 0.465 e. The predicted molar refractivity (Wildman–Crippen MR) is 60.3 cm³/mol. The zero-order valence-electron chi connectivity index (χ0n) is 9.04. The number of carbonyl (C=O) groups is 1. The van der Waals surface area contributed by atoms with Crippen molar-refractivity contribution in [1.29, 1.82) is 0 Å². The highest BCUT2D eigenvalue weighted by Gasteiger charge is 2.53. The second-order valence-electron chi connectivity index (χ2n) is 4.85. The van der Waals surface area contributed by atoms with Gasteiger partial charge in [0.15, 0.2) is 0 Å². The molecule has 1 saturated carbocycles. The maximum absolute atomic E-state index is 11.1. The summed E-state index contributed by atoms with van der Waals surface area (Å²) in [6, 6.07) is 10.4. The summed E-state index contributed by atoms with van der Waals surface area (Å²) in [5.41, 5.74) is 1.24. The first kappa shape index (κ1) is 9.70. The van der Waals surface area contributed by atoms with E-state index in [9.17, 15) is 4.79 Å². The van der Waals surface area contributed by atoms with Crippen LogP contribution in [0.15, 0.2) is 30.3 Å². The van der Waals surface area contributed by atoms with Gasteiger partial charge in [0, 0.05) is 12.6 Å². The fourth-order valence-electron chi connectivity index (χ4n) is 2.91. The second-order valence-corrected chi connectivity index (χ2v) is 4.85.